The van der Waals surface area contributed by atoms with Crippen LogP contribution in [0.3, 0.4) is 0 Å². The predicted octanol–water partition coefficient (Wildman–Crippen LogP) is 2.85. The average molecular weight is 374 g/mol. The second-order valence-electron chi connectivity index (χ2n) is 5.15. The van der Waals surface area contributed by atoms with Crippen LogP contribution < -0.4 is 0 Å². The fourth-order valence-corrected chi connectivity index (χ4v) is 2.89. The Labute approximate surface area is 121 Å². The van der Waals surface area contributed by atoms with Crippen LogP contribution in [0.4, 0.5) is 0 Å². The summed E-state index contributed by atoms with van der Waals surface area (Å²) < 4.78 is 16.6. The Hall–Kier alpha value is 0.840. The highest BCUT2D eigenvalue weighted by Gasteiger charge is 2.31. The van der Waals surface area contributed by atoms with Crippen LogP contribution in [0.15, 0.2) is 0 Å². The van der Waals surface area contributed by atoms with Crippen LogP contribution in [-0.4, -0.2) is 49.8 Å². The SMILES string of the molecule is CC(C)COCC(CBr)(CBr)COCC1CO1. The molecule has 0 spiro atoms. The van der Waals surface area contributed by atoms with Crippen molar-refractivity contribution in [1.82, 2.24) is 0 Å². The van der Waals surface area contributed by atoms with Gasteiger partial charge in [0.05, 0.1) is 26.4 Å². The number of ether oxygens (including phenoxy) is 3. The van der Waals surface area contributed by atoms with Gasteiger partial charge in [0.1, 0.15) is 6.10 Å². The van der Waals surface area contributed by atoms with Gasteiger partial charge in [-0.15, -0.1) is 0 Å². The normalized spacial score (nSPS) is 19.9. The fraction of sp³-hybridized carbons (Fsp3) is 1.00. The summed E-state index contributed by atoms with van der Waals surface area (Å²) in [6, 6.07) is 0. The number of epoxide rings is 1. The first-order chi connectivity index (χ1) is 8.12. The summed E-state index contributed by atoms with van der Waals surface area (Å²) in [6.45, 7) is 8.07. The molecular weight excluding hydrogens is 352 g/mol. The van der Waals surface area contributed by atoms with Crippen molar-refractivity contribution in [2.75, 3.05) is 43.7 Å². The van der Waals surface area contributed by atoms with E-state index in [4.69, 9.17) is 14.2 Å². The van der Waals surface area contributed by atoms with Gasteiger partial charge in [0, 0.05) is 22.7 Å². The lowest BCUT2D eigenvalue weighted by Gasteiger charge is -2.29. The second kappa shape index (κ2) is 8.10. The smallest absolute Gasteiger partial charge is 0.104 e. The molecule has 102 valence electrons. The van der Waals surface area contributed by atoms with Gasteiger partial charge in [-0.2, -0.15) is 0 Å². The Morgan fingerprint density at radius 3 is 2.29 bits per heavy atom. The van der Waals surface area contributed by atoms with Crippen LogP contribution in [0.1, 0.15) is 13.8 Å². The second-order valence-corrected chi connectivity index (χ2v) is 6.27. The van der Waals surface area contributed by atoms with Gasteiger partial charge in [0.15, 0.2) is 0 Å². The van der Waals surface area contributed by atoms with E-state index >= 15 is 0 Å². The van der Waals surface area contributed by atoms with Gasteiger partial charge < -0.3 is 14.2 Å². The van der Waals surface area contributed by atoms with E-state index in [1.165, 1.54) is 0 Å². The minimum atomic E-state index is 0.0176. The van der Waals surface area contributed by atoms with E-state index in [2.05, 4.69) is 45.7 Å². The van der Waals surface area contributed by atoms with Gasteiger partial charge in [-0.25, -0.2) is 0 Å². The third-order valence-corrected chi connectivity index (χ3v) is 4.92. The molecule has 1 unspecified atom stereocenters. The van der Waals surface area contributed by atoms with Crippen molar-refractivity contribution in [2.45, 2.75) is 20.0 Å². The zero-order valence-corrected chi connectivity index (χ0v) is 13.8. The van der Waals surface area contributed by atoms with E-state index in [0.717, 1.165) is 23.9 Å². The molecule has 3 nitrogen and oxygen atoms in total. The van der Waals surface area contributed by atoms with Crippen molar-refractivity contribution in [3.8, 4) is 0 Å². The highest BCUT2D eigenvalue weighted by Crippen LogP contribution is 2.25. The molecule has 5 heteroatoms. The van der Waals surface area contributed by atoms with E-state index in [9.17, 15) is 0 Å². The maximum absolute atomic E-state index is 5.74. The molecule has 0 N–H and O–H groups in total. The van der Waals surface area contributed by atoms with Crippen LogP contribution in [-0.2, 0) is 14.2 Å². The van der Waals surface area contributed by atoms with Crippen LogP contribution in [0.5, 0.6) is 0 Å². The molecule has 17 heavy (non-hydrogen) atoms. The molecule has 1 aliphatic rings. The van der Waals surface area contributed by atoms with Crippen LogP contribution >= 0.6 is 31.9 Å². The lowest BCUT2D eigenvalue weighted by molar-refractivity contribution is -0.00733. The molecule has 1 saturated heterocycles. The summed E-state index contributed by atoms with van der Waals surface area (Å²) in [4.78, 5) is 0. The third kappa shape index (κ3) is 6.53. The van der Waals surface area contributed by atoms with E-state index in [1.807, 2.05) is 0 Å². The lowest BCUT2D eigenvalue weighted by Crippen LogP contribution is -2.37. The molecule has 0 aromatic carbocycles. The molecule has 0 aromatic heterocycles. The van der Waals surface area contributed by atoms with E-state index in [-0.39, 0.29) is 5.41 Å². The van der Waals surface area contributed by atoms with Crippen molar-refractivity contribution in [3.05, 3.63) is 0 Å². The first-order valence-corrected chi connectivity index (χ1v) is 8.25. The van der Waals surface area contributed by atoms with Crippen LogP contribution in [0.2, 0.25) is 0 Å². The fourth-order valence-electron chi connectivity index (χ4n) is 1.31. The van der Waals surface area contributed by atoms with Crippen molar-refractivity contribution in [2.24, 2.45) is 11.3 Å². The summed E-state index contributed by atoms with van der Waals surface area (Å²) >= 11 is 7.12. The quantitative estimate of drug-likeness (QED) is 0.435. The van der Waals surface area contributed by atoms with Crippen molar-refractivity contribution in [1.29, 1.82) is 0 Å². The van der Waals surface area contributed by atoms with Gasteiger partial charge in [-0.3, -0.25) is 0 Å². The summed E-state index contributed by atoms with van der Waals surface area (Å²) in [5.74, 6) is 0.569. The predicted molar refractivity (Wildman–Crippen MR) is 76.2 cm³/mol. The third-order valence-electron chi connectivity index (χ3n) is 2.54. The van der Waals surface area contributed by atoms with E-state index < -0.39 is 0 Å². The zero-order chi connectivity index (χ0) is 12.7. The van der Waals surface area contributed by atoms with Crippen molar-refractivity contribution >= 4 is 31.9 Å². The Kier molecular flexibility index (Phi) is 7.57. The zero-order valence-electron chi connectivity index (χ0n) is 10.6. The summed E-state index contributed by atoms with van der Waals surface area (Å²) in [5.41, 5.74) is 0.0176. The van der Waals surface area contributed by atoms with Crippen LogP contribution in [0, 0.1) is 11.3 Å². The van der Waals surface area contributed by atoms with Gasteiger partial charge >= 0.3 is 0 Å². The number of rotatable bonds is 10. The topological polar surface area (TPSA) is 31.0 Å². The van der Waals surface area contributed by atoms with Gasteiger partial charge in [0.25, 0.3) is 0 Å². The van der Waals surface area contributed by atoms with Crippen LogP contribution in [0.25, 0.3) is 0 Å². The Balaban J connectivity index is 2.25. The van der Waals surface area contributed by atoms with Crippen molar-refractivity contribution < 1.29 is 14.2 Å². The van der Waals surface area contributed by atoms with Gasteiger partial charge in [0.2, 0.25) is 0 Å². The molecule has 0 aromatic rings. The minimum absolute atomic E-state index is 0.0176. The Morgan fingerprint density at radius 2 is 1.82 bits per heavy atom. The molecular formula is C12H22Br2O3. The molecule has 0 aliphatic carbocycles. The lowest BCUT2D eigenvalue weighted by atomic mass is 9.96. The number of alkyl halides is 2. The Bertz CT molecular complexity index is 194. The molecule has 1 fully saturated rings. The molecule has 0 amide bonds. The number of hydrogen-bond acceptors (Lipinski definition) is 3. The molecule has 0 bridgehead atoms. The first-order valence-electron chi connectivity index (χ1n) is 6.01. The molecule has 1 rings (SSSR count). The highest BCUT2D eigenvalue weighted by atomic mass is 79.9. The molecule has 0 radical (unpaired) electrons. The highest BCUT2D eigenvalue weighted by molar-refractivity contribution is 9.09. The number of halogens is 2. The van der Waals surface area contributed by atoms with Crippen molar-refractivity contribution in [3.63, 3.8) is 0 Å². The monoisotopic (exact) mass is 372 g/mol. The number of hydrogen-bond donors (Lipinski definition) is 0. The summed E-state index contributed by atoms with van der Waals surface area (Å²) in [7, 11) is 0. The van der Waals surface area contributed by atoms with E-state index in [0.29, 0.717) is 31.8 Å². The standard InChI is InChI=1S/C12H22Br2O3/c1-10(2)3-15-8-12(6-13,7-14)9-16-4-11-5-17-11/h10-11H,3-9H2,1-2H3. The molecule has 1 aliphatic heterocycles. The largest absolute Gasteiger partial charge is 0.380 e. The molecule has 1 heterocycles. The summed E-state index contributed by atoms with van der Waals surface area (Å²) in [6.07, 6.45) is 0.329. The summed E-state index contributed by atoms with van der Waals surface area (Å²) in [5, 5.41) is 1.74. The maximum atomic E-state index is 5.74. The Morgan fingerprint density at radius 1 is 1.24 bits per heavy atom. The first kappa shape index (κ1) is 15.9. The maximum Gasteiger partial charge on any atom is 0.104 e. The average Bonchev–Trinajstić information content (AvgIpc) is 3.11. The van der Waals surface area contributed by atoms with Gasteiger partial charge in [-0.05, 0) is 5.92 Å². The molecule has 0 saturated carbocycles. The molecule has 1 atom stereocenters. The van der Waals surface area contributed by atoms with Gasteiger partial charge in [-0.1, -0.05) is 45.7 Å². The minimum Gasteiger partial charge on any atom is -0.380 e. The van der Waals surface area contributed by atoms with E-state index in [1.54, 1.807) is 0 Å².